The highest BCUT2D eigenvalue weighted by molar-refractivity contribution is 5.96. The summed E-state index contributed by atoms with van der Waals surface area (Å²) in [6, 6.07) is 15.5. The second kappa shape index (κ2) is 7.21. The van der Waals surface area contributed by atoms with Gasteiger partial charge in [-0.05, 0) is 60.7 Å². The minimum absolute atomic E-state index is 0.119. The van der Waals surface area contributed by atoms with Crippen molar-refractivity contribution in [3.05, 3.63) is 64.7 Å². The lowest BCUT2D eigenvalue weighted by Crippen LogP contribution is -2.42. The van der Waals surface area contributed by atoms with Gasteiger partial charge in [-0.25, -0.2) is 0 Å². The largest absolute Gasteiger partial charge is 0.490 e. The Morgan fingerprint density at radius 1 is 1.08 bits per heavy atom. The van der Waals surface area contributed by atoms with E-state index in [1.54, 1.807) is 12.1 Å². The van der Waals surface area contributed by atoms with Gasteiger partial charge in [0.05, 0.1) is 11.6 Å². The number of hydrogen-bond acceptors (Lipinski definition) is 3. The molecule has 0 unspecified atom stereocenters. The third kappa shape index (κ3) is 3.30. The summed E-state index contributed by atoms with van der Waals surface area (Å²) in [4.78, 5) is 14.9. The van der Waals surface area contributed by atoms with Crippen LogP contribution in [0.3, 0.4) is 0 Å². The van der Waals surface area contributed by atoms with Crippen molar-refractivity contribution < 1.29 is 9.53 Å². The number of fused-ring (bicyclic) bond motifs is 1. The topological polar surface area (TPSA) is 53.3 Å². The van der Waals surface area contributed by atoms with Gasteiger partial charge in [-0.2, -0.15) is 5.26 Å². The van der Waals surface area contributed by atoms with Crippen LogP contribution in [0.4, 0.5) is 0 Å². The van der Waals surface area contributed by atoms with Crippen LogP contribution in [-0.4, -0.2) is 30.0 Å². The molecule has 1 heterocycles. The third-order valence-corrected chi connectivity index (χ3v) is 5.39. The minimum Gasteiger partial charge on any atom is -0.490 e. The van der Waals surface area contributed by atoms with Crippen molar-refractivity contribution in [2.24, 2.45) is 0 Å². The van der Waals surface area contributed by atoms with Crippen LogP contribution >= 0.6 is 0 Å². The number of rotatable bonds is 3. The first kappa shape index (κ1) is 16.7. The standard InChI is InChI=1S/C22H22N2O2/c23-15-16-7-9-18(10-8-16)26-19-11-13-24(14-12-19)22(25)21-6-2-4-17-3-1-5-20(17)21/h2,4,6-10,19H,1,3,5,11-14H2. The van der Waals surface area contributed by atoms with Gasteiger partial charge in [0, 0.05) is 31.5 Å². The number of nitrogens with zero attached hydrogens (tertiary/aromatic N) is 2. The minimum atomic E-state index is 0.119. The van der Waals surface area contributed by atoms with E-state index < -0.39 is 0 Å². The number of amides is 1. The van der Waals surface area contributed by atoms with Gasteiger partial charge >= 0.3 is 0 Å². The number of carbonyl (C=O) groups is 1. The zero-order valence-corrected chi connectivity index (χ0v) is 14.8. The van der Waals surface area contributed by atoms with Crippen LogP contribution in [0.1, 0.15) is 46.3 Å². The Hall–Kier alpha value is -2.80. The van der Waals surface area contributed by atoms with E-state index in [0.29, 0.717) is 5.56 Å². The molecule has 0 N–H and O–H groups in total. The number of carbonyl (C=O) groups excluding carboxylic acids is 1. The van der Waals surface area contributed by atoms with E-state index in [0.717, 1.165) is 56.5 Å². The molecule has 0 saturated carbocycles. The molecule has 26 heavy (non-hydrogen) atoms. The molecular weight excluding hydrogens is 324 g/mol. The average molecular weight is 346 g/mol. The predicted octanol–water partition coefficient (Wildman–Crippen LogP) is 3.73. The molecule has 0 bridgehead atoms. The van der Waals surface area contributed by atoms with Crippen molar-refractivity contribution >= 4 is 5.91 Å². The zero-order valence-electron chi connectivity index (χ0n) is 14.8. The average Bonchev–Trinajstić information content (AvgIpc) is 3.17. The smallest absolute Gasteiger partial charge is 0.254 e. The highest BCUT2D eigenvalue weighted by Crippen LogP contribution is 2.27. The fraction of sp³-hybridized carbons (Fsp3) is 0.364. The number of aryl methyl sites for hydroxylation is 1. The van der Waals surface area contributed by atoms with Crippen LogP contribution in [0.2, 0.25) is 0 Å². The first-order chi connectivity index (χ1) is 12.7. The van der Waals surface area contributed by atoms with Crippen LogP contribution in [-0.2, 0) is 12.8 Å². The van der Waals surface area contributed by atoms with Crippen molar-refractivity contribution in [2.75, 3.05) is 13.1 Å². The van der Waals surface area contributed by atoms with Gasteiger partial charge < -0.3 is 9.64 Å². The van der Waals surface area contributed by atoms with Gasteiger partial charge in [0.15, 0.2) is 0 Å². The fourth-order valence-electron chi connectivity index (χ4n) is 3.97. The van der Waals surface area contributed by atoms with Gasteiger partial charge in [0.25, 0.3) is 5.91 Å². The second-order valence-corrected chi connectivity index (χ2v) is 7.04. The summed E-state index contributed by atoms with van der Waals surface area (Å²) in [5.74, 6) is 0.954. The Morgan fingerprint density at radius 3 is 2.58 bits per heavy atom. The molecule has 2 aliphatic rings. The molecule has 0 aromatic heterocycles. The zero-order chi connectivity index (χ0) is 17.9. The van der Waals surface area contributed by atoms with Gasteiger partial charge in [-0.15, -0.1) is 0 Å². The van der Waals surface area contributed by atoms with Crippen molar-refractivity contribution in [1.82, 2.24) is 4.90 Å². The molecule has 0 spiro atoms. The molecule has 0 radical (unpaired) electrons. The molecule has 4 heteroatoms. The number of hydrogen-bond donors (Lipinski definition) is 0. The van der Waals surface area contributed by atoms with Crippen LogP contribution in [0.5, 0.6) is 5.75 Å². The predicted molar refractivity (Wildman–Crippen MR) is 99.2 cm³/mol. The molecule has 0 atom stereocenters. The van der Waals surface area contributed by atoms with E-state index >= 15 is 0 Å². The molecular formula is C22H22N2O2. The Labute approximate surface area is 154 Å². The Kier molecular flexibility index (Phi) is 4.62. The number of likely N-dealkylation sites (tertiary alicyclic amines) is 1. The SMILES string of the molecule is N#Cc1ccc(OC2CCN(C(=O)c3cccc4c3CCC4)CC2)cc1. The maximum Gasteiger partial charge on any atom is 0.254 e. The molecule has 1 aliphatic heterocycles. The van der Waals surface area contributed by atoms with Gasteiger partial charge in [-0.3, -0.25) is 4.79 Å². The number of benzene rings is 2. The normalized spacial score (nSPS) is 16.8. The summed E-state index contributed by atoms with van der Waals surface area (Å²) < 4.78 is 6.02. The molecule has 1 amide bonds. The summed E-state index contributed by atoms with van der Waals surface area (Å²) in [5, 5.41) is 8.86. The van der Waals surface area contributed by atoms with E-state index in [4.69, 9.17) is 10.00 Å². The van der Waals surface area contributed by atoms with E-state index in [1.807, 2.05) is 29.2 Å². The molecule has 2 aromatic carbocycles. The first-order valence-electron chi connectivity index (χ1n) is 9.31. The Bertz CT molecular complexity index is 843. The molecule has 1 aliphatic carbocycles. The lowest BCUT2D eigenvalue weighted by Gasteiger charge is -2.32. The van der Waals surface area contributed by atoms with E-state index in [2.05, 4.69) is 12.1 Å². The van der Waals surface area contributed by atoms with E-state index in [9.17, 15) is 4.79 Å². The summed E-state index contributed by atoms with van der Waals surface area (Å²) >= 11 is 0. The number of nitriles is 1. The van der Waals surface area contributed by atoms with Crippen LogP contribution in [0.25, 0.3) is 0 Å². The lowest BCUT2D eigenvalue weighted by atomic mass is 10.0. The third-order valence-electron chi connectivity index (χ3n) is 5.39. The molecule has 4 rings (SSSR count). The second-order valence-electron chi connectivity index (χ2n) is 7.04. The Balaban J connectivity index is 1.37. The van der Waals surface area contributed by atoms with Crippen molar-refractivity contribution in [3.8, 4) is 11.8 Å². The lowest BCUT2D eigenvalue weighted by molar-refractivity contribution is 0.0594. The first-order valence-corrected chi connectivity index (χ1v) is 9.31. The number of piperidine rings is 1. The van der Waals surface area contributed by atoms with Crippen LogP contribution in [0, 0.1) is 11.3 Å². The highest BCUT2D eigenvalue weighted by Gasteiger charge is 2.27. The van der Waals surface area contributed by atoms with E-state index in [-0.39, 0.29) is 12.0 Å². The van der Waals surface area contributed by atoms with Crippen molar-refractivity contribution in [2.45, 2.75) is 38.2 Å². The summed E-state index contributed by atoms with van der Waals surface area (Å²) in [5.41, 5.74) is 4.13. The quantitative estimate of drug-likeness (QED) is 0.851. The van der Waals surface area contributed by atoms with Crippen LogP contribution in [0.15, 0.2) is 42.5 Å². The van der Waals surface area contributed by atoms with Gasteiger partial charge in [-0.1, -0.05) is 12.1 Å². The number of ether oxygens (including phenoxy) is 1. The summed E-state index contributed by atoms with van der Waals surface area (Å²) in [6.45, 7) is 1.45. The Morgan fingerprint density at radius 2 is 1.85 bits per heavy atom. The summed E-state index contributed by atoms with van der Waals surface area (Å²) in [6.07, 6.45) is 5.06. The molecule has 1 fully saturated rings. The molecule has 132 valence electrons. The molecule has 1 saturated heterocycles. The monoisotopic (exact) mass is 346 g/mol. The maximum atomic E-state index is 12.9. The van der Waals surface area contributed by atoms with Crippen molar-refractivity contribution in [3.63, 3.8) is 0 Å². The maximum absolute atomic E-state index is 12.9. The van der Waals surface area contributed by atoms with Gasteiger partial charge in [0.2, 0.25) is 0 Å². The van der Waals surface area contributed by atoms with Crippen molar-refractivity contribution in [1.29, 1.82) is 5.26 Å². The fourth-order valence-corrected chi connectivity index (χ4v) is 3.97. The summed E-state index contributed by atoms with van der Waals surface area (Å²) in [7, 11) is 0. The van der Waals surface area contributed by atoms with E-state index in [1.165, 1.54) is 11.1 Å². The van der Waals surface area contributed by atoms with Crippen LogP contribution < -0.4 is 4.74 Å². The molecule has 4 nitrogen and oxygen atoms in total. The molecule has 2 aromatic rings. The van der Waals surface area contributed by atoms with Gasteiger partial charge in [0.1, 0.15) is 11.9 Å². The highest BCUT2D eigenvalue weighted by atomic mass is 16.5.